The third kappa shape index (κ3) is 3.58. The van der Waals surface area contributed by atoms with Gasteiger partial charge in [-0.15, -0.1) is 0 Å². The SMILES string of the molecule is COc1ccc(CN2CC(C(=O)N3CCc4ccc(Br)cc43)CC2=O)cc1. The van der Waals surface area contributed by atoms with Gasteiger partial charge < -0.3 is 14.5 Å². The van der Waals surface area contributed by atoms with E-state index in [-0.39, 0.29) is 24.2 Å². The number of nitrogens with zero attached hydrogens (tertiary/aromatic N) is 2. The molecule has 1 atom stereocenters. The molecule has 5 nitrogen and oxygen atoms in total. The predicted octanol–water partition coefficient (Wildman–Crippen LogP) is 3.40. The van der Waals surface area contributed by atoms with E-state index >= 15 is 0 Å². The standard InChI is InChI=1S/C21H21BrN2O3/c1-27-18-6-2-14(3-7-18)12-23-13-16(10-20(23)25)21(26)24-9-8-15-4-5-17(22)11-19(15)24/h2-7,11,16H,8-10,12-13H2,1H3. The number of hydrogen-bond donors (Lipinski definition) is 0. The van der Waals surface area contributed by atoms with Crippen molar-refractivity contribution in [3.05, 3.63) is 58.1 Å². The van der Waals surface area contributed by atoms with Gasteiger partial charge in [-0.1, -0.05) is 34.1 Å². The van der Waals surface area contributed by atoms with Crippen LogP contribution in [-0.4, -0.2) is 36.9 Å². The van der Waals surface area contributed by atoms with Crippen LogP contribution in [0.2, 0.25) is 0 Å². The van der Waals surface area contributed by atoms with Crippen molar-refractivity contribution in [2.24, 2.45) is 5.92 Å². The molecule has 0 radical (unpaired) electrons. The second-order valence-corrected chi connectivity index (χ2v) is 7.95. The third-order valence-electron chi connectivity index (χ3n) is 5.31. The van der Waals surface area contributed by atoms with Gasteiger partial charge in [-0.05, 0) is 41.8 Å². The normalized spacial score (nSPS) is 18.7. The van der Waals surface area contributed by atoms with Crippen LogP contribution in [0.5, 0.6) is 5.75 Å². The molecule has 2 aromatic carbocycles. The largest absolute Gasteiger partial charge is 0.497 e. The molecule has 0 aromatic heterocycles. The molecule has 0 N–H and O–H groups in total. The van der Waals surface area contributed by atoms with Crippen molar-refractivity contribution < 1.29 is 14.3 Å². The van der Waals surface area contributed by atoms with E-state index in [1.54, 1.807) is 12.0 Å². The molecule has 0 aliphatic carbocycles. The number of hydrogen-bond acceptors (Lipinski definition) is 3. The summed E-state index contributed by atoms with van der Waals surface area (Å²) in [5.74, 6) is 0.606. The zero-order valence-corrected chi connectivity index (χ0v) is 16.7. The average molecular weight is 429 g/mol. The summed E-state index contributed by atoms with van der Waals surface area (Å²) in [6.07, 6.45) is 1.15. The van der Waals surface area contributed by atoms with Crippen LogP contribution >= 0.6 is 15.9 Å². The van der Waals surface area contributed by atoms with Gasteiger partial charge in [0, 0.05) is 36.2 Å². The highest BCUT2D eigenvalue weighted by molar-refractivity contribution is 9.10. The van der Waals surface area contributed by atoms with E-state index in [1.807, 2.05) is 41.3 Å². The van der Waals surface area contributed by atoms with Gasteiger partial charge in [0.15, 0.2) is 0 Å². The zero-order valence-electron chi connectivity index (χ0n) is 15.2. The van der Waals surface area contributed by atoms with E-state index in [0.717, 1.165) is 27.9 Å². The fraction of sp³-hybridized carbons (Fsp3) is 0.333. The van der Waals surface area contributed by atoms with E-state index in [9.17, 15) is 9.59 Å². The Morgan fingerprint density at radius 3 is 2.74 bits per heavy atom. The first-order valence-corrected chi connectivity index (χ1v) is 9.85. The first-order chi connectivity index (χ1) is 13.0. The van der Waals surface area contributed by atoms with E-state index in [0.29, 0.717) is 19.6 Å². The number of ether oxygens (including phenoxy) is 1. The Kier molecular flexibility index (Phi) is 4.91. The molecule has 0 bridgehead atoms. The molecule has 2 amide bonds. The molecule has 27 heavy (non-hydrogen) atoms. The van der Waals surface area contributed by atoms with Crippen molar-refractivity contribution in [1.82, 2.24) is 4.90 Å². The van der Waals surface area contributed by atoms with Crippen molar-refractivity contribution >= 4 is 33.4 Å². The summed E-state index contributed by atoms with van der Waals surface area (Å²) in [5, 5.41) is 0. The highest BCUT2D eigenvalue weighted by atomic mass is 79.9. The number of anilines is 1. The lowest BCUT2D eigenvalue weighted by molar-refractivity contribution is -0.128. The first-order valence-electron chi connectivity index (χ1n) is 9.05. The summed E-state index contributed by atoms with van der Waals surface area (Å²) in [5.41, 5.74) is 3.19. The predicted molar refractivity (Wildman–Crippen MR) is 107 cm³/mol. The molecule has 2 aliphatic heterocycles. The number of fused-ring (bicyclic) bond motifs is 1. The number of rotatable bonds is 4. The van der Waals surface area contributed by atoms with E-state index < -0.39 is 0 Å². The van der Waals surface area contributed by atoms with Crippen molar-refractivity contribution in [3.63, 3.8) is 0 Å². The molecule has 0 saturated carbocycles. The highest BCUT2D eigenvalue weighted by Crippen LogP contribution is 2.33. The second-order valence-electron chi connectivity index (χ2n) is 7.04. The van der Waals surface area contributed by atoms with Gasteiger partial charge in [-0.2, -0.15) is 0 Å². The van der Waals surface area contributed by atoms with Gasteiger partial charge in [0.05, 0.1) is 13.0 Å². The number of methoxy groups -OCH3 is 1. The van der Waals surface area contributed by atoms with E-state index in [1.165, 1.54) is 5.56 Å². The number of carbonyl (C=O) groups is 2. The molecule has 2 aliphatic rings. The van der Waals surface area contributed by atoms with Gasteiger partial charge in [0.25, 0.3) is 0 Å². The Balaban J connectivity index is 1.44. The topological polar surface area (TPSA) is 49.9 Å². The fourth-order valence-corrected chi connectivity index (χ4v) is 4.19. The number of halogens is 1. The van der Waals surface area contributed by atoms with Gasteiger partial charge in [-0.3, -0.25) is 9.59 Å². The second kappa shape index (κ2) is 7.35. The summed E-state index contributed by atoms with van der Waals surface area (Å²) in [7, 11) is 1.63. The Hall–Kier alpha value is -2.34. The van der Waals surface area contributed by atoms with Crippen LogP contribution in [-0.2, 0) is 22.6 Å². The van der Waals surface area contributed by atoms with E-state index in [2.05, 4.69) is 22.0 Å². The molecule has 4 rings (SSSR count). The Bertz CT molecular complexity index is 881. The molecule has 1 saturated heterocycles. The molecular formula is C21H21BrN2O3. The minimum absolute atomic E-state index is 0.0397. The van der Waals surface area contributed by atoms with Crippen LogP contribution in [0.15, 0.2) is 46.9 Å². The van der Waals surface area contributed by atoms with E-state index in [4.69, 9.17) is 4.74 Å². The minimum atomic E-state index is -0.277. The molecular weight excluding hydrogens is 408 g/mol. The lowest BCUT2D eigenvalue weighted by Gasteiger charge is -2.22. The number of carbonyl (C=O) groups excluding carboxylic acids is 2. The highest BCUT2D eigenvalue weighted by Gasteiger charge is 2.38. The fourth-order valence-electron chi connectivity index (χ4n) is 3.84. The Morgan fingerprint density at radius 1 is 1.22 bits per heavy atom. The van der Waals surface area contributed by atoms with Gasteiger partial charge in [0.1, 0.15) is 5.75 Å². The molecule has 6 heteroatoms. The maximum Gasteiger partial charge on any atom is 0.232 e. The van der Waals surface area contributed by atoms with Crippen LogP contribution in [0.4, 0.5) is 5.69 Å². The quantitative estimate of drug-likeness (QED) is 0.749. The summed E-state index contributed by atoms with van der Waals surface area (Å²) in [6.45, 7) is 1.69. The number of amides is 2. The van der Waals surface area contributed by atoms with Crippen molar-refractivity contribution in [2.45, 2.75) is 19.4 Å². The molecule has 1 unspecified atom stereocenters. The Morgan fingerprint density at radius 2 is 2.00 bits per heavy atom. The molecule has 0 spiro atoms. The lowest BCUT2D eigenvalue weighted by atomic mass is 10.1. The van der Waals surface area contributed by atoms with Gasteiger partial charge >= 0.3 is 0 Å². The first kappa shape index (κ1) is 18.0. The van der Waals surface area contributed by atoms with Crippen LogP contribution in [0.3, 0.4) is 0 Å². The van der Waals surface area contributed by atoms with Crippen molar-refractivity contribution in [1.29, 1.82) is 0 Å². The molecule has 2 heterocycles. The lowest BCUT2D eigenvalue weighted by Crippen LogP contribution is -2.36. The summed E-state index contributed by atoms with van der Waals surface area (Å²) >= 11 is 3.48. The minimum Gasteiger partial charge on any atom is -0.497 e. The van der Waals surface area contributed by atoms with Crippen LogP contribution in [0.25, 0.3) is 0 Å². The van der Waals surface area contributed by atoms with Gasteiger partial charge in [-0.25, -0.2) is 0 Å². The molecule has 140 valence electrons. The van der Waals surface area contributed by atoms with Crippen molar-refractivity contribution in [2.75, 3.05) is 25.1 Å². The van der Waals surface area contributed by atoms with Crippen molar-refractivity contribution in [3.8, 4) is 5.75 Å². The summed E-state index contributed by atoms with van der Waals surface area (Å²) in [6, 6.07) is 13.7. The number of benzene rings is 2. The van der Waals surface area contributed by atoms with Crippen LogP contribution in [0.1, 0.15) is 17.5 Å². The molecule has 2 aromatic rings. The smallest absolute Gasteiger partial charge is 0.232 e. The zero-order chi connectivity index (χ0) is 19.0. The maximum absolute atomic E-state index is 13.1. The monoisotopic (exact) mass is 428 g/mol. The average Bonchev–Trinajstić information content (AvgIpc) is 3.25. The van der Waals surface area contributed by atoms with Crippen LogP contribution in [0, 0.1) is 5.92 Å². The third-order valence-corrected chi connectivity index (χ3v) is 5.80. The molecule has 1 fully saturated rings. The Labute approximate surface area is 167 Å². The maximum atomic E-state index is 13.1. The summed E-state index contributed by atoms with van der Waals surface area (Å²) in [4.78, 5) is 29.1. The van der Waals surface area contributed by atoms with Gasteiger partial charge in [0.2, 0.25) is 11.8 Å². The summed E-state index contributed by atoms with van der Waals surface area (Å²) < 4.78 is 6.13. The van der Waals surface area contributed by atoms with Crippen LogP contribution < -0.4 is 9.64 Å². The number of likely N-dealkylation sites (tertiary alicyclic amines) is 1.